The van der Waals surface area contributed by atoms with Gasteiger partial charge in [-0.1, -0.05) is 0 Å². The van der Waals surface area contributed by atoms with Gasteiger partial charge in [-0.25, -0.2) is 4.79 Å². The first-order valence-electron chi connectivity index (χ1n) is 12.9. The number of rotatable bonds is 6. The molecule has 2 aromatic rings. The second-order valence-electron chi connectivity index (χ2n) is 10.1. The standard InChI is InChI=1S/C27H28F9N3O2/c1-3-38(21-6-8-37-9-7-21)22-5-4-18(25(28,29)30)12-17(22)14-39-15(2)23(41-24(39)40)16-10-19(26(31,32)33)13-20(11-16)27(34,35)36/h4-5,10-13,15,21,23,37H,3,6-9,14H2,1-2H3. The van der Waals surface area contributed by atoms with Crippen molar-refractivity contribution in [2.24, 2.45) is 0 Å². The van der Waals surface area contributed by atoms with Crippen molar-refractivity contribution >= 4 is 11.8 Å². The number of hydrogen-bond donors (Lipinski definition) is 1. The molecule has 41 heavy (non-hydrogen) atoms. The molecule has 226 valence electrons. The second kappa shape index (κ2) is 11.3. The van der Waals surface area contributed by atoms with Crippen molar-refractivity contribution in [3.8, 4) is 0 Å². The van der Waals surface area contributed by atoms with Crippen LogP contribution in [0.1, 0.15) is 60.6 Å². The molecular formula is C27H28F9N3O2. The molecule has 2 aliphatic heterocycles. The van der Waals surface area contributed by atoms with Crippen molar-refractivity contribution in [3.63, 3.8) is 0 Å². The van der Waals surface area contributed by atoms with Gasteiger partial charge in [0.25, 0.3) is 0 Å². The van der Waals surface area contributed by atoms with Crippen molar-refractivity contribution in [2.45, 2.75) is 70.0 Å². The van der Waals surface area contributed by atoms with Crippen LogP contribution in [-0.2, 0) is 29.8 Å². The van der Waals surface area contributed by atoms with E-state index in [1.54, 1.807) is 0 Å². The molecule has 0 bridgehead atoms. The Bertz CT molecular complexity index is 1220. The zero-order valence-corrected chi connectivity index (χ0v) is 22.1. The van der Waals surface area contributed by atoms with Crippen LogP contribution in [-0.4, -0.2) is 42.7 Å². The van der Waals surface area contributed by atoms with Crippen molar-refractivity contribution in [1.82, 2.24) is 10.2 Å². The molecule has 0 saturated carbocycles. The molecule has 0 radical (unpaired) electrons. The lowest BCUT2D eigenvalue weighted by Gasteiger charge is -2.37. The minimum atomic E-state index is -5.10. The number of hydrogen-bond acceptors (Lipinski definition) is 4. The Morgan fingerprint density at radius 1 is 0.878 bits per heavy atom. The fourth-order valence-corrected chi connectivity index (χ4v) is 5.40. The maximum absolute atomic E-state index is 13.6. The van der Waals surface area contributed by atoms with Gasteiger partial charge >= 0.3 is 24.6 Å². The summed E-state index contributed by atoms with van der Waals surface area (Å²) in [6, 6.07) is 3.05. The highest BCUT2D eigenvalue weighted by molar-refractivity contribution is 5.72. The lowest BCUT2D eigenvalue weighted by Crippen LogP contribution is -2.44. The largest absolute Gasteiger partial charge is 0.439 e. The summed E-state index contributed by atoms with van der Waals surface area (Å²) in [5, 5.41) is 3.22. The van der Waals surface area contributed by atoms with Crippen LogP contribution in [0.2, 0.25) is 0 Å². The third kappa shape index (κ3) is 6.68. The Morgan fingerprint density at radius 3 is 1.95 bits per heavy atom. The van der Waals surface area contributed by atoms with Crippen molar-refractivity contribution in [3.05, 3.63) is 64.2 Å². The molecule has 2 aliphatic rings. The molecule has 5 nitrogen and oxygen atoms in total. The summed E-state index contributed by atoms with van der Waals surface area (Å²) in [6.45, 7) is 4.69. The van der Waals surface area contributed by atoms with Gasteiger partial charge in [0.15, 0.2) is 0 Å². The molecule has 0 aromatic heterocycles. The number of cyclic esters (lactones) is 1. The molecule has 14 heteroatoms. The van der Waals surface area contributed by atoms with Crippen LogP contribution in [0, 0.1) is 0 Å². The Labute approximate surface area is 230 Å². The third-order valence-corrected chi connectivity index (χ3v) is 7.48. The lowest BCUT2D eigenvalue weighted by molar-refractivity contribution is -0.143. The number of amides is 1. The Hall–Kier alpha value is -3.16. The van der Waals surface area contributed by atoms with Gasteiger partial charge in [-0.2, -0.15) is 39.5 Å². The van der Waals surface area contributed by atoms with Gasteiger partial charge in [0, 0.05) is 18.3 Å². The van der Waals surface area contributed by atoms with E-state index < -0.39 is 65.6 Å². The summed E-state index contributed by atoms with van der Waals surface area (Å²) in [7, 11) is 0. The number of halogens is 9. The minimum Gasteiger partial charge on any atom is -0.439 e. The number of alkyl halides is 9. The molecule has 2 unspecified atom stereocenters. The minimum absolute atomic E-state index is 0.0123. The molecule has 1 amide bonds. The number of nitrogens with zero attached hydrogens (tertiary/aromatic N) is 2. The average molecular weight is 598 g/mol. The summed E-state index contributed by atoms with van der Waals surface area (Å²) in [5.41, 5.74) is -4.03. The molecule has 4 rings (SSSR count). The predicted molar refractivity (Wildman–Crippen MR) is 131 cm³/mol. The SMILES string of the molecule is CCN(c1ccc(C(F)(F)F)cc1CN1C(=O)OC(c2cc(C(F)(F)F)cc(C(F)(F)F)c2)C1C)C1CCNCC1. The van der Waals surface area contributed by atoms with Gasteiger partial charge in [-0.05, 0) is 87.3 Å². The van der Waals surface area contributed by atoms with Crippen LogP contribution < -0.4 is 10.2 Å². The number of piperidine rings is 1. The van der Waals surface area contributed by atoms with Crippen molar-refractivity contribution in [1.29, 1.82) is 0 Å². The Morgan fingerprint density at radius 2 is 1.44 bits per heavy atom. The van der Waals surface area contributed by atoms with Crippen LogP contribution in [0.15, 0.2) is 36.4 Å². The molecule has 2 aromatic carbocycles. The first kappa shape index (κ1) is 30.8. The quantitative estimate of drug-likeness (QED) is 0.353. The van der Waals surface area contributed by atoms with Crippen LogP contribution in [0.5, 0.6) is 0 Å². The average Bonchev–Trinajstić information content (AvgIpc) is 3.17. The van der Waals surface area contributed by atoms with Gasteiger partial charge < -0.3 is 15.0 Å². The zero-order chi connectivity index (χ0) is 30.3. The monoisotopic (exact) mass is 597 g/mol. The molecular weight excluding hydrogens is 569 g/mol. The van der Waals surface area contributed by atoms with E-state index in [0.717, 1.165) is 29.9 Å². The number of ether oxygens (including phenoxy) is 1. The smallest absolute Gasteiger partial charge is 0.416 e. The maximum atomic E-state index is 13.6. The van der Waals surface area contributed by atoms with E-state index in [2.05, 4.69) is 5.32 Å². The Kier molecular flexibility index (Phi) is 8.45. The fraction of sp³-hybridized carbons (Fsp3) is 0.519. The lowest BCUT2D eigenvalue weighted by atomic mass is 9.97. The number of nitrogens with one attached hydrogen (secondary N) is 1. The van der Waals surface area contributed by atoms with E-state index in [4.69, 9.17) is 4.74 Å². The number of anilines is 1. The third-order valence-electron chi connectivity index (χ3n) is 7.48. The highest BCUT2D eigenvalue weighted by Crippen LogP contribution is 2.42. The van der Waals surface area contributed by atoms with Crippen LogP contribution in [0.25, 0.3) is 0 Å². The normalized spacial score (nSPS) is 20.9. The number of carbonyl (C=O) groups is 1. The van der Waals surface area contributed by atoms with Gasteiger partial charge in [-0.15, -0.1) is 0 Å². The summed E-state index contributed by atoms with van der Waals surface area (Å²) >= 11 is 0. The van der Waals surface area contributed by atoms with Crippen LogP contribution >= 0.6 is 0 Å². The van der Waals surface area contributed by atoms with E-state index in [1.165, 1.54) is 13.0 Å². The summed E-state index contributed by atoms with van der Waals surface area (Å²) in [4.78, 5) is 15.9. The van der Waals surface area contributed by atoms with Gasteiger partial charge in [0.2, 0.25) is 0 Å². The maximum Gasteiger partial charge on any atom is 0.416 e. The molecule has 2 heterocycles. The number of benzene rings is 2. The van der Waals surface area contributed by atoms with Gasteiger partial charge in [-0.3, -0.25) is 4.90 Å². The van der Waals surface area contributed by atoms with E-state index in [-0.39, 0.29) is 17.7 Å². The van der Waals surface area contributed by atoms with Gasteiger partial charge in [0.05, 0.1) is 29.3 Å². The molecule has 2 saturated heterocycles. The summed E-state index contributed by atoms with van der Waals surface area (Å²) < 4.78 is 127. The van der Waals surface area contributed by atoms with Crippen molar-refractivity contribution < 1.29 is 49.0 Å². The second-order valence-corrected chi connectivity index (χ2v) is 10.1. The van der Waals surface area contributed by atoms with Crippen LogP contribution in [0.3, 0.4) is 0 Å². The Balaban J connectivity index is 1.71. The van der Waals surface area contributed by atoms with Crippen LogP contribution in [0.4, 0.5) is 50.0 Å². The topological polar surface area (TPSA) is 44.8 Å². The van der Waals surface area contributed by atoms with Gasteiger partial charge in [0.1, 0.15) is 6.10 Å². The molecule has 0 spiro atoms. The van der Waals surface area contributed by atoms with E-state index in [0.29, 0.717) is 37.5 Å². The van der Waals surface area contributed by atoms with E-state index >= 15 is 0 Å². The highest BCUT2D eigenvalue weighted by atomic mass is 19.4. The summed E-state index contributed by atoms with van der Waals surface area (Å²) in [5.74, 6) is 0. The molecule has 2 atom stereocenters. The number of carbonyl (C=O) groups excluding carboxylic acids is 1. The zero-order valence-electron chi connectivity index (χ0n) is 22.1. The molecule has 1 N–H and O–H groups in total. The van der Waals surface area contributed by atoms with E-state index in [9.17, 15) is 44.3 Å². The highest BCUT2D eigenvalue weighted by Gasteiger charge is 2.44. The molecule has 2 fully saturated rings. The van der Waals surface area contributed by atoms with Crippen molar-refractivity contribution in [2.75, 3.05) is 24.5 Å². The first-order valence-corrected chi connectivity index (χ1v) is 12.9. The predicted octanol–water partition coefficient (Wildman–Crippen LogP) is 7.40. The fourth-order valence-electron chi connectivity index (χ4n) is 5.40. The summed E-state index contributed by atoms with van der Waals surface area (Å²) in [6.07, 6.45) is -16.0. The first-order chi connectivity index (χ1) is 19.0. The van der Waals surface area contributed by atoms with E-state index in [1.807, 2.05) is 11.8 Å². The molecule has 0 aliphatic carbocycles.